The Morgan fingerprint density at radius 3 is 2.28 bits per heavy atom. The summed E-state index contributed by atoms with van der Waals surface area (Å²) in [6.45, 7) is 2.00. The van der Waals surface area contributed by atoms with Crippen molar-refractivity contribution >= 4 is 39.2 Å². The Balaban J connectivity index is 1.94. The SMILES string of the molecule is CCCCOC(=O)c1ccc(NC(=O)CN(C)S(=O)(=O)c2ccc(Cl)cc2)cc1. The molecular formula is C20H23ClN2O5S. The minimum absolute atomic E-state index is 0.0446. The van der Waals surface area contributed by atoms with Gasteiger partial charge in [-0.25, -0.2) is 13.2 Å². The van der Waals surface area contributed by atoms with Crippen LogP contribution in [-0.4, -0.2) is 44.8 Å². The molecule has 0 saturated carbocycles. The molecule has 0 heterocycles. The van der Waals surface area contributed by atoms with Gasteiger partial charge in [-0.2, -0.15) is 4.31 Å². The van der Waals surface area contributed by atoms with E-state index in [2.05, 4.69) is 5.32 Å². The fourth-order valence-electron chi connectivity index (χ4n) is 2.36. The van der Waals surface area contributed by atoms with Crippen LogP contribution in [0, 0.1) is 0 Å². The van der Waals surface area contributed by atoms with E-state index in [-0.39, 0.29) is 11.4 Å². The largest absolute Gasteiger partial charge is 0.462 e. The summed E-state index contributed by atoms with van der Waals surface area (Å²) < 4.78 is 31.1. The molecule has 0 fully saturated rings. The summed E-state index contributed by atoms with van der Waals surface area (Å²) in [6, 6.07) is 11.9. The van der Waals surface area contributed by atoms with Crippen LogP contribution in [0.2, 0.25) is 5.02 Å². The highest BCUT2D eigenvalue weighted by molar-refractivity contribution is 7.89. The third-order valence-corrected chi connectivity index (χ3v) is 6.09. The summed E-state index contributed by atoms with van der Waals surface area (Å²) in [5.41, 5.74) is 0.818. The number of esters is 1. The summed E-state index contributed by atoms with van der Waals surface area (Å²) in [4.78, 5) is 24.1. The van der Waals surface area contributed by atoms with Crippen LogP contribution < -0.4 is 5.32 Å². The lowest BCUT2D eigenvalue weighted by Crippen LogP contribution is -2.34. The standard InChI is InChI=1S/C20H23ClN2O5S/c1-3-4-13-28-20(25)15-5-9-17(10-6-15)22-19(24)14-23(2)29(26,27)18-11-7-16(21)8-12-18/h5-12H,3-4,13-14H2,1-2H3,(H,22,24). The van der Waals surface area contributed by atoms with E-state index in [1.165, 1.54) is 43.4 Å². The maximum absolute atomic E-state index is 12.5. The molecule has 0 unspecified atom stereocenters. The van der Waals surface area contributed by atoms with Crippen molar-refractivity contribution in [2.75, 3.05) is 25.5 Å². The number of likely N-dealkylation sites (N-methyl/N-ethyl adjacent to an activating group) is 1. The fraction of sp³-hybridized carbons (Fsp3) is 0.300. The number of sulfonamides is 1. The van der Waals surface area contributed by atoms with Gasteiger partial charge in [0.1, 0.15) is 0 Å². The van der Waals surface area contributed by atoms with Crippen LogP contribution >= 0.6 is 11.6 Å². The lowest BCUT2D eigenvalue weighted by molar-refractivity contribution is -0.116. The highest BCUT2D eigenvalue weighted by atomic mass is 35.5. The van der Waals surface area contributed by atoms with Gasteiger partial charge in [0, 0.05) is 17.8 Å². The van der Waals surface area contributed by atoms with E-state index in [9.17, 15) is 18.0 Å². The first-order chi connectivity index (χ1) is 13.7. The number of unbranched alkanes of at least 4 members (excludes halogenated alkanes) is 1. The fourth-order valence-corrected chi connectivity index (χ4v) is 3.61. The molecule has 0 aliphatic carbocycles. The van der Waals surface area contributed by atoms with E-state index < -0.39 is 21.9 Å². The lowest BCUT2D eigenvalue weighted by atomic mass is 10.2. The molecule has 1 N–H and O–H groups in total. The third kappa shape index (κ3) is 6.56. The molecule has 9 heteroatoms. The Morgan fingerprint density at radius 1 is 1.07 bits per heavy atom. The molecule has 0 aliphatic rings. The Morgan fingerprint density at radius 2 is 1.69 bits per heavy atom. The van der Waals surface area contributed by atoms with Gasteiger partial charge in [-0.3, -0.25) is 4.79 Å². The van der Waals surface area contributed by atoms with Crippen molar-refractivity contribution in [1.29, 1.82) is 0 Å². The lowest BCUT2D eigenvalue weighted by Gasteiger charge is -2.17. The van der Waals surface area contributed by atoms with E-state index in [1.807, 2.05) is 6.92 Å². The van der Waals surface area contributed by atoms with Crippen LogP contribution in [0.3, 0.4) is 0 Å². The monoisotopic (exact) mass is 438 g/mol. The topological polar surface area (TPSA) is 92.8 Å². The van der Waals surface area contributed by atoms with Gasteiger partial charge in [-0.15, -0.1) is 0 Å². The molecule has 0 aliphatic heterocycles. The van der Waals surface area contributed by atoms with Gasteiger partial charge in [0.2, 0.25) is 15.9 Å². The average Bonchev–Trinajstić information content (AvgIpc) is 2.68. The number of nitrogens with one attached hydrogen (secondary N) is 1. The summed E-state index contributed by atoms with van der Waals surface area (Å²) in [6.07, 6.45) is 1.73. The number of ether oxygens (including phenoxy) is 1. The smallest absolute Gasteiger partial charge is 0.338 e. The molecule has 29 heavy (non-hydrogen) atoms. The number of carbonyl (C=O) groups is 2. The number of benzene rings is 2. The first-order valence-corrected chi connectivity index (χ1v) is 10.8. The second-order valence-corrected chi connectivity index (χ2v) is 8.81. The van der Waals surface area contributed by atoms with E-state index in [1.54, 1.807) is 12.1 Å². The van der Waals surface area contributed by atoms with Crippen LogP contribution in [0.4, 0.5) is 5.69 Å². The van der Waals surface area contributed by atoms with E-state index in [0.29, 0.717) is 22.9 Å². The molecule has 0 saturated heterocycles. The van der Waals surface area contributed by atoms with Gasteiger partial charge in [0.25, 0.3) is 0 Å². The summed E-state index contributed by atoms with van der Waals surface area (Å²) >= 11 is 5.78. The molecule has 2 aromatic carbocycles. The van der Waals surface area contributed by atoms with Gasteiger partial charge < -0.3 is 10.1 Å². The molecule has 2 rings (SSSR count). The Hall–Kier alpha value is -2.42. The van der Waals surface area contributed by atoms with Gasteiger partial charge >= 0.3 is 5.97 Å². The maximum Gasteiger partial charge on any atom is 0.338 e. The van der Waals surface area contributed by atoms with Gasteiger partial charge in [-0.1, -0.05) is 24.9 Å². The van der Waals surface area contributed by atoms with Crippen LogP contribution in [0.25, 0.3) is 0 Å². The predicted molar refractivity (Wildman–Crippen MR) is 112 cm³/mol. The van der Waals surface area contributed by atoms with Crippen molar-refractivity contribution in [2.24, 2.45) is 0 Å². The summed E-state index contributed by atoms with van der Waals surface area (Å²) in [7, 11) is -2.50. The number of nitrogens with zero attached hydrogens (tertiary/aromatic N) is 1. The highest BCUT2D eigenvalue weighted by Gasteiger charge is 2.23. The van der Waals surface area contributed by atoms with Crippen molar-refractivity contribution in [3.05, 3.63) is 59.1 Å². The number of halogens is 1. The van der Waals surface area contributed by atoms with Crippen LogP contribution in [0.1, 0.15) is 30.1 Å². The molecule has 2 aromatic rings. The zero-order valence-corrected chi connectivity index (χ0v) is 17.8. The van der Waals surface area contributed by atoms with Crippen molar-refractivity contribution < 1.29 is 22.7 Å². The van der Waals surface area contributed by atoms with E-state index >= 15 is 0 Å². The van der Waals surface area contributed by atoms with Gasteiger partial charge in [-0.05, 0) is 55.0 Å². The highest BCUT2D eigenvalue weighted by Crippen LogP contribution is 2.18. The van der Waals surface area contributed by atoms with E-state index in [4.69, 9.17) is 16.3 Å². The van der Waals surface area contributed by atoms with Crippen molar-refractivity contribution in [1.82, 2.24) is 4.31 Å². The minimum atomic E-state index is -3.82. The first kappa shape index (κ1) is 22.9. The predicted octanol–water partition coefficient (Wildman–Crippen LogP) is 3.56. The summed E-state index contributed by atoms with van der Waals surface area (Å²) in [5, 5.41) is 3.02. The Labute approximate surface area is 175 Å². The molecule has 0 atom stereocenters. The van der Waals surface area contributed by atoms with Crippen LogP contribution in [0.15, 0.2) is 53.4 Å². The Kier molecular flexibility index (Phi) is 8.19. The molecule has 0 spiro atoms. The maximum atomic E-state index is 12.5. The number of hydrogen-bond acceptors (Lipinski definition) is 5. The van der Waals surface area contributed by atoms with Gasteiger partial charge in [0.05, 0.1) is 23.6 Å². The number of rotatable bonds is 9. The molecule has 1 amide bonds. The molecule has 156 valence electrons. The number of anilines is 1. The van der Waals surface area contributed by atoms with Crippen molar-refractivity contribution in [3.63, 3.8) is 0 Å². The average molecular weight is 439 g/mol. The Bertz CT molecular complexity index is 944. The number of carbonyl (C=O) groups excluding carboxylic acids is 2. The van der Waals surface area contributed by atoms with Crippen molar-refractivity contribution in [2.45, 2.75) is 24.7 Å². The summed E-state index contributed by atoms with van der Waals surface area (Å²) in [5.74, 6) is -0.937. The van der Waals surface area contributed by atoms with E-state index in [0.717, 1.165) is 17.1 Å². The molecule has 0 radical (unpaired) electrons. The zero-order chi connectivity index (χ0) is 21.4. The van der Waals surface area contributed by atoms with Crippen molar-refractivity contribution in [3.8, 4) is 0 Å². The molecule has 0 aromatic heterocycles. The quantitative estimate of drug-likeness (QED) is 0.477. The number of amides is 1. The third-order valence-electron chi connectivity index (χ3n) is 4.02. The molecule has 7 nitrogen and oxygen atoms in total. The second kappa shape index (κ2) is 10.4. The minimum Gasteiger partial charge on any atom is -0.462 e. The van der Waals surface area contributed by atoms with Crippen LogP contribution in [0.5, 0.6) is 0 Å². The normalized spacial score (nSPS) is 11.3. The zero-order valence-electron chi connectivity index (χ0n) is 16.2. The molecular weight excluding hydrogens is 416 g/mol. The number of hydrogen-bond donors (Lipinski definition) is 1. The first-order valence-electron chi connectivity index (χ1n) is 9.03. The van der Waals surface area contributed by atoms with Crippen LogP contribution in [-0.2, 0) is 19.6 Å². The second-order valence-electron chi connectivity index (χ2n) is 6.33. The molecule has 0 bridgehead atoms. The van der Waals surface area contributed by atoms with Gasteiger partial charge in [0.15, 0.2) is 0 Å².